The van der Waals surface area contributed by atoms with E-state index in [4.69, 9.17) is 0 Å². The van der Waals surface area contributed by atoms with E-state index in [0.29, 0.717) is 17.4 Å². The van der Waals surface area contributed by atoms with E-state index >= 15 is 0 Å². The minimum atomic E-state index is -3.37. The van der Waals surface area contributed by atoms with Gasteiger partial charge in [0, 0.05) is 12.6 Å². The first-order valence-electron chi connectivity index (χ1n) is 8.83. The van der Waals surface area contributed by atoms with E-state index in [9.17, 15) is 8.42 Å². The molecular weight excluding hydrogens is 318 g/mol. The fourth-order valence-electron chi connectivity index (χ4n) is 4.25. The van der Waals surface area contributed by atoms with Crippen LogP contribution < -0.4 is 0 Å². The molecule has 1 aliphatic carbocycles. The van der Waals surface area contributed by atoms with E-state index in [2.05, 4.69) is 0 Å². The molecule has 1 aliphatic heterocycles. The van der Waals surface area contributed by atoms with Crippen molar-refractivity contribution in [3.05, 3.63) is 54.6 Å². The van der Waals surface area contributed by atoms with Gasteiger partial charge in [0.2, 0.25) is 10.0 Å². The van der Waals surface area contributed by atoms with E-state index in [0.717, 1.165) is 30.4 Å². The second-order valence-electron chi connectivity index (χ2n) is 6.91. The van der Waals surface area contributed by atoms with Gasteiger partial charge >= 0.3 is 0 Å². The van der Waals surface area contributed by atoms with Crippen LogP contribution in [0.4, 0.5) is 0 Å². The summed E-state index contributed by atoms with van der Waals surface area (Å²) in [6.07, 6.45) is 5.63. The number of hydrogen-bond acceptors (Lipinski definition) is 2. The average Bonchev–Trinajstić information content (AvgIpc) is 3.07. The minimum absolute atomic E-state index is 0.220. The molecule has 126 valence electrons. The Bertz CT molecular complexity index is 799. The first-order valence-corrected chi connectivity index (χ1v) is 10.3. The lowest BCUT2D eigenvalue weighted by molar-refractivity contribution is 0.260. The van der Waals surface area contributed by atoms with Gasteiger partial charge in [-0.1, -0.05) is 55.3 Å². The van der Waals surface area contributed by atoms with Crippen molar-refractivity contribution in [1.82, 2.24) is 4.31 Å². The van der Waals surface area contributed by atoms with Crippen LogP contribution in [0.5, 0.6) is 0 Å². The lowest BCUT2D eigenvalue weighted by Gasteiger charge is -2.31. The Hall–Kier alpha value is -1.65. The Morgan fingerprint density at radius 2 is 1.46 bits per heavy atom. The van der Waals surface area contributed by atoms with Crippen LogP contribution in [0.2, 0.25) is 0 Å². The summed E-state index contributed by atoms with van der Waals surface area (Å²) in [6, 6.07) is 17.6. The summed E-state index contributed by atoms with van der Waals surface area (Å²) in [5.74, 6) is 0.567. The molecule has 0 bridgehead atoms. The third-order valence-corrected chi connectivity index (χ3v) is 7.47. The number of nitrogens with zero attached hydrogens (tertiary/aromatic N) is 1. The highest BCUT2D eigenvalue weighted by Crippen LogP contribution is 2.39. The molecule has 2 fully saturated rings. The van der Waals surface area contributed by atoms with Crippen molar-refractivity contribution in [2.75, 3.05) is 6.54 Å². The predicted octanol–water partition coefficient (Wildman–Crippen LogP) is 4.31. The zero-order chi connectivity index (χ0) is 16.6. The number of rotatable bonds is 3. The fourth-order valence-corrected chi connectivity index (χ4v) is 5.98. The Morgan fingerprint density at radius 1 is 0.792 bits per heavy atom. The molecule has 4 heteroatoms. The summed E-state index contributed by atoms with van der Waals surface area (Å²) in [5.41, 5.74) is 2.15. The molecule has 0 radical (unpaired) electrons. The Balaban J connectivity index is 1.61. The largest absolute Gasteiger partial charge is 0.243 e. The number of hydrogen-bond donors (Lipinski definition) is 0. The summed E-state index contributed by atoms with van der Waals surface area (Å²) >= 11 is 0. The number of benzene rings is 2. The predicted molar refractivity (Wildman–Crippen MR) is 96.1 cm³/mol. The van der Waals surface area contributed by atoms with Crippen LogP contribution >= 0.6 is 0 Å². The molecule has 0 spiro atoms. The van der Waals surface area contributed by atoms with Gasteiger partial charge in [0.1, 0.15) is 0 Å². The summed E-state index contributed by atoms with van der Waals surface area (Å²) in [4.78, 5) is 0.424. The molecule has 0 aromatic heterocycles. The molecular formula is C20H23NO2S. The molecule has 2 aromatic carbocycles. The van der Waals surface area contributed by atoms with Crippen molar-refractivity contribution in [2.24, 2.45) is 5.92 Å². The number of fused-ring (bicyclic) bond motifs is 1. The molecule has 2 aliphatic rings. The maximum Gasteiger partial charge on any atom is 0.243 e. The highest BCUT2D eigenvalue weighted by Gasteiger charge is 2.42. The van der Waals surface area contributed by atoms with Crippen molar-refractivity contribution in [3.8, 4) is 11.1 Å². The lowest BCUT2D eigenvalue weighted by Crippen LogP contribution is -2.39. The van der Waals surface area contributed by atoms with E-state index in [1.54, 1.807) is 16.4 Å². The van der Waals surface area contributed by atoms with Crippen molar-refractivity contribution in [3.63, 3.8) is 0 Å². The lowest BCUT2D eigenvalue weighted by atomic mass is 9.86. The maximum absolute atomic E-state index is 13.1. The molecule has 2 unspecified atom stereocenters. The van der Waals surface area contributed by atoms with Crippen LogP contribution in [0, 0.1) is 5.92 Å². The van der Waals surface area contributed by atoms with E-state index in [1.807, 2.05) is 42.5 Å². The molecule has 3 nitrogen and oxygen atoms in total. The second-order valence-corrected chi connectivity index (χ2v) is 8.80. The van der Waals surface area contributed by atoms with Gasteiger partial charge in [0.05, 0.1) is 4.90 Å². The standard InChI is InChI=1S/C20H23NO2S/c22-24(23,21-15-14-18-8-4-5-9-20(18)21)19-12-10-17(11-13-19)16-6-2-1-3-7-16/h1-3,6-7,10-13,18,20H,4-5,8-9,14-15H2. The highest BCUT2D eigenvalue weighted by molar-refractivity contribution is 7.89. The molecule has 2 atom stereocenters. The highest BCUT2D eigenvalue weighted by atomic mass is 32.2. The molecule has 2 aromatic rings. The first-order chi connectivity index (χ1) is 11.7. The molecule has 0 amide bonds. The monoisotopic (exact) mass is 341 g/mol. The summed E-state index contributed by atoms with van der Waals surface area (Å²) in [6.45, 7) is 0.679. The van der Waals surface area contributed by atoms with Crippen LogP contribution in [-0.4, -0.2) is 25.3 Å². The van der Waals surface area contributed by atoms with Gasteiger partial charge < -0.3 is 0 Å². The normalized spacial score (nSPS) is 24.7. The topological polar surface area (TPSA) is 37.4 Å². The molecule has 0 N–H and O–H groups in total. The average molecular weight is 341 g/mol. The third kappa shape index (κ3) is 2.78. The van der Waals surface area contributed by atoms with Gasteiger partial charge in [-0.15, -0.1) is 0 Å². The van der Waals surface area contributed by atoms with E-state index < -0.39 is 10.0 Å². The zero-order valence-corrected chi connectivity index (χ0v) is 14.6. The second kappa shape index (κ2) is 6.34. The van der Waals surface area contributed by atoms with Gasteiger partial charge in [0.25, 0.3) is 0 Å². The Labute approximate surface area is 144 Å². The first kappa shape index (κ1) is 15.9. The van der Waals surface area contributed by atoms with Crippen molar-refractivity contribution >= 4 is 10.0 Å². The van der Waals surface area contributed by atoms with Crippen LogP contribution in [-0.2, 0) is 10.0 Å². The van der Waals surface area contributed by atoms with Crippen LogP contribution in [0.1, 0.15) is 32.1 Å². The van der Waals surface area contributed by atoms with Gasteiger partial charge in [0.15, 0.2) is 0 Å². The summed E-state index contributed by atoms with van der Waals surface area (Å²) in [5, 5.41) is 0. The van der Waals surface area contributed by atoms with Crippen LogP contribution in [0.25, 0.3) is 11.1 Å². The maximum atomic E-state index is 13.1. The van der Waals surface area contributed by atoms with E-state index in [-0.39, 0.29) is 6.04 Å². The zero-order valence-electron chi connectivity index (χ0n) is 13.8. The minimum Gasteiger partial charge on any atom is -0.207 e. The van der Waals surface area contributed by atoms with Gasteiger partial charge in [-0.3, -0.25) is 0 Å². The van der Waals surface area contributed by atoms with Crippen molar-refractivity contribution < 1.29 is 8.42 Å². The molecule has 4 rings (SSSR count). The van der Waals surface area contributed by atoms with Crippen molar-refractivity contribution in [2.45, 2.75) is 43.0 Å². The van der Waals surface area contributed by atoms with Gasteiger partial charge in [-0.2, -0.15) is 4.31 Å². The van der Waals surface area contributed by atoms with Gasteiger partial charge in [-0.05, 0) is 48.4 Å². The van der Waals surface area contributed by atoms with Crippen LogP contribution in [0.3, 0.4) is 0 Å². The molecule has 1 saturated carbocycles. The molecule has 1 heterocycles. The van der Waals surface area contributed by atoms with Gasteiger partial charge in [-0.25, -0.2) is 8.42 Å². The summed E-state index contributed by atoms with van der Waals surface area (Å²) in [7, 11) is -3.37. The number of sulfonamides is 1. The SMILES string of the molecule is O=S(=O)(c1ccc(-c2ccccc2)cc1)N1CCC2CCCCC21. The summed E-state index contributed by atoms with van der Waals surface area (Å²) < 4.78 is 27.9. The van der Waals surface area contributed by atoms with Crippen LogP contribution in [0.15, 0.2) is 59.5 Å². The molecule has 1 saturated heterocycles. The smallest absolute Gasteiger partial charge is 0.207 e. The van der Waals surface area contributed by atoms with E-state index in [1.165, 1.54) is 12.8 Å². The van der Waals surface area contributed by atoms with Crippen molar-refractivity contribution in [1.29, 1.82) is 0 Å². The third-order valence-electron chi connectivity index (χ3n) is 5.53. The quantitative estimate of drug-likeness (QED) is 0.834. The fraction of sp³-hybridized carbons (Fsp3) is 0.400. The molecule has 24 heavy (non-hydrogen) atoms. The Kier molecular flexibility index (Phi) is 4.19. The Morgan fingerprint density at radius 3 is 2.21 bits per heavy atom.